The van der Waals surface area contributed by atoms with Crippen LogP contribution in [0.1, 0.15) is 60.3 Å². The van der Waals surface area contributed by atoms with Gasteiger partial charge in [0.15, 0.2) is 0 Å². The van der Waals surface area contributed by atoms with Crippen LogP contribution in [0.2, 0.25) is 0 Å². The molecule has 0 unspecified atom stereocenters. The molecular weight excluding hydrogens is 498 g/mol. The third-order valence-electron chi connectivity index (χ3n) is 8.17. The molecule has 0 aliphatic heterocycles. The fraction of sp³-hybridized carbons (Fsp3) is 0.184. The number of benzene rings is 5. The van der Waals surface area contributed by atoms with Crippen LogP contribution in [0.15, 0.2) is 109 Å². The molecule has 3 heteroatoms. The summed E-state index contributed by atoms with van der Waals surface area (Å²) >= 11 is 0. The van der Waals surface area contributed by atoms with Crippen molar-refractivity contribution in [3.05, 3.63) is 126 Å². The average Bonchev–Trinajstić information content (AvgIpc) is 3.56. The third kappa shape index (κ3) is 4.07. The monoisotopic (exact) mass is 536 g/mol. The Morgan fingerprint density at radius 3 is 2.07 bits per heavy atom. The van der Waals surface area contributed by atoms with Crippen LogP contribution in [-0.2, 0) is 0 Å². The molecule has 0 aliphatic carbocycles. The van der Waals surface area contributed by atoms with E-state index in [-0.39, 0.29) is 0 Å². The van der Waals surface area contributed by atoms with Crippen LogP contribution in [0.3, 0.4) is 0 Å². The smallest absolute Gasteiger partial charge is 0.145 e. The van der Waals surface area contributed by atoms with Gasteiger partial charge in [-0.15, -0.1) is 0 Å². The first-order chi connectivity index (χ1) is 21.1. The topological polar surface area (TPSA) is 22.8 Å². The molecule has 0 atom stereocenters. The minimum absolute atomic E-state index is 0.330. The summed E-state index contributed by atoms with van der Waals surface area (Å²) in [6, 6.07) is 37.2. The van der Waals surface area contributed by atoms with Crippen molar-refractivity contribution in [1.82, 2.24) is 14.1 Å². The Balaban J connectivity index is 1.56. The van der Waals surface area contributed by atoms with E-state index in [1.54, 1.807) is 6.07 Å². The molecule has 0 N–H and O–H groups in total. The molecule has 0 saturated carbocycles. The van der Waals surface area contributed by atoms with Gasteiger partial charge in [-0.2, -0.15) is 0 Å². The summed E-state index contributed by atoms with van der Waals surface area (Å²) in [6.45, 7) is 6.80. The summed E-state index contributed by atoms with van der Waals surface area (Å²) in [5.74, 6) is 1.55. The Kier molecular flexibility index (Phi) is 5.27. The second kappa shape index (κ2) is 9.78. The summed E-state index contributed by atoms with van der Waals surface area (Å²) in [5.41, 5.74) is 10.0. The maximum Gasteiger partial charge on any atom is 0.145 e. The standard InChI is InChI=1S/C38H35N3/c1-24(2)29-14-11-15-30(25(3)4)37(29)41-35-17-10-9-16-33(35)39-38(41)27-19-21-34-32(23-27)31-20-18-26(5)22-36(31)40(34)28-12-7-6-8-13-28/h6-25H,1-5H3/i5D3. The van der Waals surface area contributed by atoms with Gasteiger partial charge in [0.1, 0.15) is 5.82 Å². The van der Waals surface area contributed by atoms with E-state index in [1.807, 2.05) is 36.4 Å². The Bertz CT molecular complexity index is 2140. The van der Waals surface area contributed by atoms with Gasteiger partial charge in [-0.1, -0.05) is 88.4 Å². The van der Waals surface area contributed by atoms with E-state index < -0.39 is 6.85 Å². The fourth-order valence-corrected chi connectivity index (χ4v) is 6.23. The predicted molar refractivity (Wildman–Crippen MR) is 174 cm³/mol. The Morgan fingerprint density at radius 2 is 1.34 bits per heavy atom. The van der Waals surface area contributed by atoms with Crippen LogP contribution in [-0.4, -0.2) is 14.1 Å². The van der Waals surface area contributed by atoms with E-state index >= 15 is 0 Å². The van der Waals surface area contributed by atoms with Crippen molar-refractivity contribution in [3.63, 3.8) is 0 Å². The Labute approximate surface area is 245 Å². The highest BCUT2D eigenvalue weighted by Gasteiger charge is 2.23. The Hall–Kier alpha value is -4.63. The van der Waals surface area contributed by atoms with Crippen molar-refractivity contribution in [3.8, 4) is 22.8 Å². The average molecular weight is 537 g/mol. The van der Waals surface area contributed by atoms with E-state index in [4.69, 9.17) is 9.10 Å². The van der Waals surface area contributed by atoms with Crippen molar-refractivity contribution in [1.29, 1.82) is 0 Å². The van der Waals surface area contributed by atoms with Gasteiger partial charge < -0.3 is 4.57 Å². The zero-order valence-corrected chi connectivity index (χ0v) is 23.9. The number of hydrogen-bond acceptors (Lipinski definition) is 1. The molecule has 7 rings (SSSR count). The van der Waals surface area contributed by atoms with E-state index in [0.717, 1.165) is 49.9 Å². The normalized spacial score (nSPS) is 13.4. The number of rotatable bonds is 5. The van der Waals surface area contributed by atoms with Crippen LogP contribution >= 0.6 is 0 Å². The van der Waals surface area contributed by atoms with Gasteiger partial charge in [0, 0.05) is 26.1 Å². The lowest BCUT2D eigenvalue weighted by molar-refractivity contribution is 0.811. The molecule has 0 aliphatic rings. The first-order valence-electron chi connectivity index (χ1n) is 15.9. The molecule has 0 saturated heterocycles. The first kappa shape index (κ1) is 22.1. The SMILES string of the molecule is [2H]C([2H])([2H])c1ccc2c3cc(-c4nc5ccccc5n4-c4c(C(C)C)cccc4C(C)C)ccc3n(-c3ccccc3)c2c1. The van der Waals surface area contributed by atoms with Gasteiger partial charge in [-0.3, -0.25) is 4.57 Å². The molecule has 0 bridgehead atoms. The number of nitrogens with zero attached hydrogens (tertiary/aromatic N) is 3. The molecular formula is C38H35N3. The number of aryl methyl sites for hydroxylation is 1. The van der Waals surface area contributed by atoms with Crippen LogP contribution in [0.25, 0.3) is 55.6 Å². The lowest BCUT2D eigenvalue weighted by Crippen LogP contribution is -2.08. The highest BCUT2D eigenvalue weighted by atomic mass is 15.1. The summed E-state index contributed by atoms with van der Waals surface area (Å²) in [6.07, 6.45) is 0. The van der Waals surface area contributed by atoms with Crippen molar-refractivity contribution in [2.24, 2.45) is 0 Å². The quantitative estimate of drug-likeness (QED) is 0.214. The van der Waals surface area contributed by atoms with Crippen LogP contribution < -0.4 is 0 Å². The number of aromatic nitrogens is 3. The van der Waals surface area contributed by atoms with Gasteiger partial charge in [-0.25, -0.2) is 4.98 Å². The zero-order valence-electron chi connectivity index (χ0n) is 26.9. The highest BCUT2D eigenvalue weighted by Crippen LogP contribution is 2.39. The van der Waals surface area contributed by atoms with Crippen molar-refractivity contribution in [2.45, 2.75) is 46.4 Å². The Morgan fingerprint density at radius 1 is 0.610 bits per heavy atom. The second-order valence-electron chi connectivity index (χ2n) is 11.5. The molecule has 5 aromatic carbocycles. The molecule has 7 aromatic rings. The van der Waals surface area contributed by atoms with Gasteiger partial charge in [-0.05, 0) is 83.9 Å². The molecule has 0 fully saturated rings. The minimum atomic E-state index is -2.19. The number of para-hydroxylation sites is 4. The van der Waals surface area contributed by atoms with Crippen LogP contribution in [0.4, 0.5) is 0 Å². The maximum absolute atomic E-state index is 8.07. The van der Waals surface area contributed by atoms with Crippen molar-refractivity contribution in [2.75, 3.05) is 0 Å². The van der Waals surface area contributed by atoms with Crippen LogP contribution in [0.5, 0.6) is 0 Å². The summed E-state index contributed by atoms with van der Waals surface area (Å²) in [7, 11) is 0. The number of imidazole rings is 1. The van der Waals surface area contributed by atoms with E-state index in [0.29, 0.717) is 17.4 Å². The lowest BCUT2D eigenvalue weighted by atomic mass is 9.92. The molecule has 2 aromatic heterocycles. The molecule has 2 heterocycles. The number of hydrogen-bond donors (Lipinski definition) is 0. The van der Waals surface area contributed by atoms with E-state index in [2.05, 4.69) is 104 Å². The van der Waals surface area contributed by atoms with Gasteiger partial charge >= 0.3 is 0 Å². The highest BCUT2D eigenvalue weighted by molar-refractivity contribution is 6.10. The van der Waals surface area contributed by atoms with Gasteiger partial charge in [0.25, 0.3) is 0 Å². The second-order valence-corrected chi connectivity index (χ2v) is 11.5. The van der Waals surface area contributed by atoms with E-state index in [1.165, 1.54) is 16.8 Å². The predicted octanol–water partition coefficient (Wildman–Crippen LogP) is 10.3. The summed E-state index contributed by atoms with van der Waals surface area (Å²) in [5, 5.41) is 2.06. The first-order valence-corrected chi connectivity index (χ1v) is 14.4. The molecule has 0 spiro atoms. The van der Waals surface area contributed by atoms with E-state index in [9.17, 15) is 0 Å². The van der Waals surface area contributed by atoms with Gasteiger partial charge in [0.2, 0.25) is 0 Å². The molecule has 0 radical (unpaired) electrons. The maximum atomic E-state index is 8.07. The lowest BCUT2D eigenvalue weighted by Gasteiger charge is -2.22. The summed E-state index contributed by atoms with van der Waals surface area (Å²) < 4.78 is 28.7. The van der Waals surface area contributed by atoms with Crippen LogP contribution in [0, 0.1) is 6.85 Å². The molecule has 0 amide bonds. The largest absolute Gasteiger partial charge is 0.309 e. The fourth-order valence-electron chi connectivity index (χ4n) is 6.23. The molecule has 202 valence electrons. The van der Waals surface area contributed by atoms with Crippen molar-refractivity contribution >= 4 is 32.8 Å². The molecule has 41 heavy (non-hydrogen) atoms. The third-order valence-corrected chi connectivity index (χ3v) is 8.17. The summed E-state index contributed by atoms with van der Waals surface area (Å²) in [4.78, 5) is 5.24. The number of fused-ring (bicyclic) bond motifs is 4. The zero-order chi connectivity index (χ0) is 30.7. The van der Waals surface area contributed by atoms with Gasteiger partial charge in [0.05, 0.1) is 27.8 Å². The molecule has 3 nitrogen and oxygen atoms in total. The minimum Gasteiger partial charge on any atom is -0.309 e. The van der Waals surface area contributed by atoms with Crippen molar-refractivity contribution < 1.29 is 4.11 Å².